The van der Waals surface area contributed by atoms with Crippen LogP contribution in [-0.2, 0) is 11.3 Å². The summed E-state index contributed by atoms with van der Waals surface area (Å²) in [5.41, 5.74) is 1.97. The van der Waals surface area contributed by atoms with Gasteiger partial charge < -0.3 is 19.3 Å². The van der Waals surface area contributed by atoms with Crippen molar-refractivity contribution in [1.82, 2.24) is 25.3 Å². The summed E-state index contributed by atoms with van der Waals surface area (Å²) in [6.45, 7) is 8.35. The van der Waals surface area contributed by atoms with Gasteiger partial charge >= 0.3 is 0 Å². The van der Waals surface area contributed by atoms with E-state index in [2.05, 4.69) is 25.3 Å². The average molecular weight is 494 g/mol. The molecule has 1 fully saturated rings. The molecule has 1 saturated heterocycles. The van der Waals surface area contributed by atoms with Crippen molar-refractivity contribution in [2.45, 2.75) is 32.4 Å². The van der Waals surface area contributed by atoms with Crippen molar-refractivity contribution in [3.8, 4) is 11.5 Å². The summed E-state index contributed by atoms with van der Waals surface area (Å²) in [5, 5.41) is 7.27. The number of amides is 1. The van der Waals surface area contributed by atoms with Gasteiger partial charge in [0.2, 0.25) is 11.8 Å². The molecule has 36 heavy (non-hydrogen) atoms. The Bertz CT molecular complexity index is 1060. The molecular formula is C27H35N5O4. The molecule has 1 aromatic heterocycles. The third kappa shape index (κ3) is 6.61. The molecule has 0 saturated carbocycles. The molecule has 0 atom stereocenters. The number of hydrogen-bond acceptors (Lipinski definition) is 8. The van der Waals surface area contributed by atoms with Crippen molar-refractivity contribution in [2.75, 3.05) is 46.9 Å². The highest BCUT2D eigenvalue weighted by Gasteiger charge is 2.23. The highest BCUT2D eigenvalue weighted by atomic mass is 16.5. The number of methoxy groups -OCH3 is 2. The number of carbonyl (C=O) groups excluding carboxylic acids is 1. The van der Waals surface area contributed by atoms with Crippen molar-refractivity contribution in [3.05, 3.63) is 71.4 Å². The number of piperazine rings is 1. The predicted octanol–water partition coefficient (Wildman–Crippen LogP) is 3.23. The van der Waals surface area contributed by atoms with E-state index >= 15 is 0 Å². The second-order valence-electron chi connectivity index (χ2n) is 9.30. The molecule has 192 valence electrons. The smallest absolute Gasteiger partial charge is 0.240 e. The minimum absolute atomic E-state index is 0.0152. The van der Waals surface area contributed by atoms with E-state index in [0.29, 0.717) is 19.0 Å². The Kier molecular flexibility index (Phi) is 8.56. The van der Waals surface area contributed by atoms with E-state index in [1.807, 2.05) is 62.4 Å². The van der Waals surface area contributed by atoms with Crippen LogP contribution in [0.1, 0.15) is 48.6 Å². The van der Waals surface area contributed by atoms with Gasteiger partial charge in [-0.05, 0) is 35.4 Å². The molecule has 2 heterocycles. The van der Waals surface area contributed by atoms with Gasteiger partial charge in [0.05, 0.1) is 33.4 Å². The average Bonchev–Trinajstić information content (AvgIpc) is 3.37. The highest BCUT2D eigenvalue weighted by Crippen LogP contribution is 2.26. The van der Waals surface area contributed by atoms with Gasteiger partial charge in [0.1, 0.15) is 11.5 Å². The van der Waals surface area contributed by atoms with E-state index < -0.39 is 0 Å². The normalized spacial score (nSPS) is 14.8. The maximum absolute atomic E-state index is 13.1. The van der Waals surface area contributed by atoms with Crippen molar-refractivity contribution in [2.24, 2.45) is 0 Å². The first kappa shape index (κ1) is 25.7. The zero-order chi connectivity index (χ0) is 25.5. The van der Waals surface area contributed by atoms with Gasteiger partial charge in [0.15, 0.2) is 5.82 Å². The molecule has 3 aromatic rings. The van der Waals surface area contributed by atoms with Crippen LogP contribution >= 0.6 is 0 Å². The Morgan fingerprint density at radius 1 is 0.917 bits per heavy atom. The van der Waals surface area contributed by atoms with Crippen LogP contribution in [0.25, 0.3) is 0 Å². The maximum atomic E-state index is 13.1. The third-order valence-electron chi connectivity index (χ3n) is 6.39. The summed E-state index contributed by atoms with van der Waals surface area (Å²) < 4.78 is 16.0. The van der Waals surface area contributed by atoms with Crippen LogP contribution < -0.4 is 14.8 Å². The van der Waals surface area contributed by atoms with Gasteiger partial charge in [-0.15, -0.1) is 0 Å². The molecular weight excluding hydrogens is 458 g/mol. The zero-order valence-corrected chi connectivity index (χ0v) is 21.4. The van der Waals surface area contributed by atoms with Crippen LogP contribution in [0.5, 0.6) is 11.5 Å². The fourth-order valence-electron chi connectivity index (χ4n) is 4.23. The first-order chi connectivity index (χ1) is 17.4. The second kappa shape index (κ2) is 12.0. The highest BCUT2D eigenvalue weighted by molar-refractivity contribution is 5.79. The van der Waals surface area contributed by atoms with Crippen molar-refractivity contribution < 1.29 is 18.8 Å². The number of carbonyl (C=O) groups is 1. The third-order valence-corrected chi connectivity index (χ3v) is 6.39. The Balaban J connectivity index is 1.35. The Hall–Kier alpha value is -3.43. The predicted molar refractivity (Wildman–Crippen MR) is 136 cm³/mol. The largest absolute Gasteiger partial charge is 0.497 e. The quantitative estimate of drug-likeness (QED) is 0.460. The lowest BCUT2D eigenvalue weighted by molar-refractivity contribution is -0.123. The van der Waals surface area contributed by atoms with Gasteiger partial charge in [-0.25, -0.2) is 0 Å². The number of nitrogens with zero attached hydrogens (tertiary/aromatic N) is 4. The molecule has 0 radical (unpaired) electrons. The van der Waals surface area contributed by atoms with Gasteiger partial charge in [-0.3, -0.25) is 14.6 Å². The van der Waals surface area contributed by atoms with Crippen LogP contribution in [0.15, 0.2) is 53.1 Å². The number of hydrogen-bond donors (Lipinski definition) is 1. The van der Waals surface area contributed by atoms with E-state index in [4.69, 9.17) is 14.0 Å². The molecule has 0 spiro atoms. The summed E-state index contributed by atoms with van der Waals surface area (Å²) in [4.78, 5) is 22.0. The van der Waals surface area contributed by atoms with Crippen molar-refractivity contribution >= 4 is 5.91 Å². The first-order valence-electron chi connectivity index (χ1n) is 12.3. The first-order valence-corrected chi connectivity index (χ1v) is 12.3. The monoisotopic (exact) mass is 493 g/mol. The Morgan fingerprint density at radius 2 is 1.44 bits per heavy atom. The number of rotatable bonds is 10. The number of aromatic nitrogens is 2. The molecule has 0 bridgehead atoms. The molecule has 9 heteroatoms. The van der Waals surface area contributed by atoms with E-state index in [9.17, 15) is 4.79 Å². The lowest BCUT2D eigenvalue weighted by Gasteiger charge is -2.33. The Labute approximate surface area is 212 Å². The molecule has 1 amide bonds. The summed E-state index contributed by atoms with van der Waals surface area (Å²) in [6, 6.07) is 15.3. The molecule has 1 aliphatic heterocycles. The summed E-state index contributed by atoms with van der Waals surface area (Å²) in [6.07, 6.45) is 0. The van der Waals surface area contributed by atoms with Crippen LogP contribution in [-0.4, -0.2) is 72.8 Å². The fourth-order valence-corrected chi connectivity index (χ4v) is 4.23. The topological polar surface area (TPSA) is 93.0 Å². The van der Waals surface area contributed by atoms with Gasteiger partial charge in [-0.2, -0.15) is 4.98 Å². The molecule has 0 aliphatic carbocycles. The van der Waals surface area contributed by atoms with E-state index in [-0.39, 0.29) is 17.9 Å². The van der Waals surface area contributed by atoms with E-state index in [0.717, 1.165) is 54.6 Å². The van der Waals surface area contributed by atoms with Gasteiger partial charge in [0.25, 0.3) is 0 Å². The number of ether oxygens (including phenoxy) is 2. The molecule has 0 unspecified atom stereocenters. The lowest BCUT2D eigenvalue weighted by atomic mass is 9.98. The number of benzene rings is 2. The minimum Gasteiger partial charge on any atom is -0.497 e. The van der Waals surface area contributed by atoms with Crippen LogP contribution in [0.4, 0.5) is 0 Å². The van der Waals surface area contributed by atoms with Crippen molar-refractivity contribution in [1.29, 1.82) is 0 Å². The summed E-state index contributed by atoms with van der Waals surface area (Å²) in [7, 11) is 3.28. The maximum Gasteiger partial charge on any atom is 0.240 e. The minimum atomic E-state index is -0.275. The fraction of sp³-hybridized carbons (Fsp3) is 0.444. The zero-order valence-electron chi connectivity index (χ0n) is 21.4. The molecule has 9 nitrogen and oxygen atoms in total. The summed E-state index contributed by atoms with van der Waals surface area (Å²) in [5.74, 6) is 3.17. The summed E-state index contributed by atoms with van der Waals surface area (Å²) >= 11 is 0. The molecule has 1 N–H and O–H groups in total. The van der Waals surface area contributed by atoms with Gasteiger partial charge in [0, 0.05) is 32.1 Å². The van der Waals surface area contributed by atoms with Crippen LogP contribution in [0, 0.1) is 0 Å². The van der Waals surface area contributed by atoms with E-state index in [1.165, 1.54) is 0 Å². The van der Waals surface area contributed by atoms with Gasteiger partial charge in [-0.1, -0.05) is 43.3 Å². The second-order valence-corrected chi connectivity index (χ2v) is 9.30. The van der Waals surface area contributed by atoms with E-state index in [1.54, 1.807) is 14.2 Å². The molecule has 2 aromatic carbocycles. The molecule has 4 rings (SSSR count). The van der Waals surface area contributed by atoms with Crippen LogP contribution in [0.3, 0.4) is 0 Å². The molecule has 1 aliphatic rings. The van der Waals surface area contributed by atoms with Crippen molar-refractivity contribution in [3.63, 3.8) is 0 Å². The van der Waals surface area contributed by atoms with Crippen LogP contribution in [0.2, 0.25) is 0 Å². The lowest BCUT2D eigenvalue weighted by Crippen LogP contribution is -2.49. The SMILES string of the molecule is COc1ccc(C(NC(=O)CN2CCN(Cc3nc(C(C)C)no3)CC2)c2ccc(OC)cc2)cc1. The Morgan fingerprint density at radius 3 is 1.92 bits per heavy atom. The number of nitrogens with one attached hydrogen (secondary N) is 1. The standard InChI is InChI=1S/C27H35N5O4/c1-19(2)27-29-25(36-30-27)18-32-15-13-31(14-16-32)17-24(33)28-26(20-5-9-22(34-3)10-6-20)21-7-11-23(35-4)12-8-21/h5-12,19,26H,13-18H2,1-4H3,(H,28,33).